The van der Waals surface area contributed by atoms with E-state index in [0.29, 0.717) is 0 Å². The lowest BCUT2D eigenvalue weighted by Crippen LogP contribution is -2.31. The van der Waals surface area contributed by atoms with E-state index in [1.807, 2.05) is 4.72 Å². The minimum absolute atomic E-state index is 0.169. The first-order chi connectivity index (χ1) is 5.27. The molecule has 0 unspecified atom stereocenters. The molecule has 12 heavy (non-hydrogen) atoms. The lowest BCUT2D eigenvalue weighted by Gasteiger charge is -2.02. The Morgan fingerprint density at radius 3 is 2.08 bits per heavy atom. The number of sulfone groups is 1. The Morgan fingerprint density at radius 1 is 1.25 bits per heavy atom. The standard InChI is InChI=1S/C4H11NO5S2/c1-11(7,8)4-12(9,10)5-2-3-6/h5-6H,2-4H2,1H3. The molecular weight excluding hydrogens is 206 g/mol. The molecule has 0 heterocycles. The number of sulfonamides is 1. The summed E-state index contributed by atoms with van der Waals surface area (Å²) in [5.74, 6) is 0. The average Bonchev–Trinajstić information content (AvgIpc) is 1.78. The average molecular weight is 217 g/mol. The maximum atomic E-state index is 10.8. The van der Waals surface area contributed by atoms with Gasteiger partial charge in [0, 0.05) is 12.8 Å². The molecule has 0 saturated carbocycles. The molecule has 0 amide bonds. The smallest absolute Gasteiger partial charge is 0.226 e. The van der Waals surface area contributed by atoms with E-state index >= 15 is 0 Å². The molecule has 6 nitrogen and oxygen atoms in total. The van der Waals surface area contributed by atoms with Crippen molar-refractivity contribution in [3.05, 3.63) is 0 Å². The molecule has 0 aromatic rings. The molecule has 0 atom stereocenters. The lowest BCUT2D eigenvalue weighted by atomic mass is 10.8. The molecule has 0 rings (SSSR count). The summed E-state index contributed by atoms with van der Waals surface area (Å²) in [6.45, 7) is -0.527. The van der Waals surface area contributed by atoms with Crippen LogP contribution in [0.15, 0.2) is 0 Å². The fraction of sp³-hybridized carbons (Fsp3) is 1.00. The normalized spacial score (nSPS) is 13.2. The number of hydrogen-bond donors (Lipinski definition) is 2. The van der Waals surface area contributed by atoms with Crippen molar-refractivity contribution in [1.29, 1.82) is 0 Å². The highest BCUT2D eigenvalue weighted by Crippen LogP contribution is 1.90. The number of aliphatic hydroxyl groups excluding tert-OH is 1. The second kappa shape index (κ2) is 4.17. The van der Waals surface area contributed by atoms with Gasteiger partial charge in [-0.2, -0.15) is 0 Å². The number of rotatable bonds is 5. The zero-order valence-electron chi connectivity index (χ0n) is 6.52. The predicted molar refractivity (Wildman–Crippen MR) is 43.7 cm³/mol. The van der Waals surface area contributed by atoms with Crippen molar-refractivity contribution < 1.29 is 21.9 Å². The van der Waals surface area contributed by atoms with Gasteiger partial charge in [0.25, 0.3) is 0 Å². The minimum atomic E-state index is -3.80. The lowest BCUT2D eigenvalue weighted by molar-refractivity contribution is 0.301. The Labute approximate surface area is 71.6 Å². The summed E-state index contributed by atoms with van der Waals surface area (Å²) in [5, 5.41) is 7.31. The van der Waals surface area contributed by atoms with Gasteiger partial charge in [-0.3, -0.25) is 0 Å². The molecule has 2 N–H and O–H groups in total. The topological polar surface area (TPSA) is 101 Å². The van der Waals surface area contributed by atoms with Gasteiger partial charge in [0.2, 0.25) is 10.0 Å². The fourth-order valence-electron chi connectivity index (χ4n) is 0.525. The van der Waals surface area contributed by atoms with Gasteiger partial charge in [-0.1, -0.05) is 0 Å². The molecule has 0 spiro atoms. The SMILES string of the molecule is CS(=O)(=O)CS(=O)(=O)NCCO. The highest BCUT2D eigenvalue weighted by Gasteiger charge is 2.16. The number of hydrogen-bond acceptors (Lipinski definition) is 5. The van der Waals surface area contributed by atoms with E-state index in [-0.39, 0.29) is 13.2 Å². The maximum Gasteiger partial charge on any atom is 0.226 e. The summed E-state index contributed by atoms with van der Waals surface area (Å²) < 4.78 is 44.6. The molecule has 0 saturated heterocycles. The Bertz CT molecular complexity index is 315. The summed E-state index contributed by atoms with van der Waals surface area (Å²) in [5.41, 5.74) is 0. The molecule has 0 fully saturated rings. The maximum absolute atomic E-state index is 10.8. The number of nitrogens with one attached hydrogen (secondary N) is 1. The molecule has 74 valence electrons. The van der Waals surface area contributed by atoms with Crippen molar-refractivity contribution in [2.75, 3.05) is 24.5 Å². The summed E-state index contributed by atoms with van der Waals surface area (Å²) in [4.78, 5) is 0. The third-order valence-electron chi connectivity index (χ3n) is 0.803. The number of aliphatic hydroxyl groups is 1. The van der Waals surface area contributed by atoms with Gasteiger partial charge in [0.1, 0.15) is 0 Å². The van der Waals surface area contributed by atoms with Crippen LogP contribution >= 0.6 is 0 Å². The Hall–Kier alpha value is -0.180. The van der Waals surface area contributed by atoms with Crippen LogP contribution in [0.2, 0.25) is 0 Å². The van der Waals surface area contributed by atoms with Gasteiger partial charge in [-0.25, -0.2) is 21.6 Å². The van der Waals surface area contributed by atoms with E-state index in [1.165, 1.54) is 0 Å². The van der Waals surface area contributed by atoms with E-state index in [0.717, 1.165) is 6.26 Å². The van der Waals surface area contributed by atoms with Crippen molar-refractivity contribution in [2.24, 2.45) is 0 Å². The molecule has 0 radical (unpaired) electrons. The van der Waals surface area contributed by atoms with Crippen LogP contribution in [-0.4, -0.2) is 46.4 Å². The van der Waals surface area contributed by atoms with Gasteiger partial charge in [0.05, 0.1) is 6.61 Å². The molecule has 0 aromatic heterocycles. The first kappa shape index (κ1) is 11.8. The summed E-state index contributed by atoms with van der Waals surface area (Å²) in [6.07, 6.45) is 0.825. The Balaban J connectivity index is 4.26. The van der Waals surface area contributed by atoms with Gasteiger partial charge >= 0.3 is 0 Å². The van der Waals surface area contributed by atoms with E-state index < -0.39 is 24.9 Å². The zero-order valence-corrected chi connectivity index (χ0v) is 8.15. The van der Waals surface area contributed by atoms with Crippen molar-refractivity contribution in [2.45, 2.75) is 0 Å². The molecule has 0 aliphatic heterocycles. The Kier molecular flexibility index (Phi) is 4.11. The molecule has 0 aliphatic carbocycles. The molecule has 0 aliphatic rings. The first-order valence-corrected chi connectivity index (χ1v) is 6.74. The monoisotopic (exact) mass is 217 g/mol. The van der Waals surface area contributed by atoms with Crippen molar-refractivity contribution in [3.63, 3.8) is 0 Å². The van der Waals surface area contributed by atoms with Crippen LogP contribution in [0.4, 0.5) is 0 Å². The van der Waals surface area contributed by atoms with Crippen LogP contribution in [0.3, 0.4) is 0 Å². The van der Waals surface area contributed by atoms with Crippen LogP contribution in [0, 0.1) is 0 Å². The van der Waals surface area contributed by atoms with Gasteiger partial charge < -0.3 is 5.11 Å². The summed E-state index contributed by atoms with van der Waals surface area (Å²) >= 11 is 0. The van der Waals surface area contributed by atoms with E-state index in [9.17, 15) is 16.8 Å². The quantitative estimate of drug-likeness (QED) is 0.549. The van der Waals surface area contributed by atoms with Crippen LogP contribution in [0.1, 0.15) is 0 Å². The largest absolute Gasteiger partial charge is 0.395 e. The van der Waals surface area contributed by atoms with Gasteiger partial charge in [-0.15, -0.1) is 0 Å². The molecule has 0 bridgehead atoms. The Morgan fingerprint density at radius 2 is 1.75 bits per heavy atom. The molecular formula is C4H11NO5S2. The van der Waals surface area contributed by atoms with Crippen molar-refractivity contribution in [3.8, 4) is 0 Å². The van der Waals surface area contributed by atoms with Crippen LogP contribution in [0.25, 0.3) is 0 Å². The second-order valence-corrected chi connectivity index (χ2v) is 6.59. The van der Waals surface area contributed by atoms with Crippen LogP contribution < -0.4 is 4.72 Å². The minimum Gasteiger partial charge on any atom is -0.395 e. The second-order valence-electron chi connectivity index (χ2n) is 2.28. The van der Waals surface area contributed by atoms with Crippen molar-refractivity contribution in [1.82, 2.24) is 4.72 Å². The predicted octanol–water partition coefficient (Wildman–Crippen LogP) is -2.10. The first-order valence-electron chi connectivity index (χ1n) is 3.03. The molecule has 8 heteroatoms. The van der Waals surface area contributed by atoms with Gasteiger partial charge in [0.15, 0.2) is 14.9 Å². The fourth-order valence-corrected chi connectivity index (χ4v) is 3.51. The van der Waals surface area contributed by atoms with Crippen LogP contribution in [0.5, 0.6) is 0 Å². The molecule has 0 aromatic carbocycles. The summed E-state index contributed by atoms with van der Waals surface area (Å²) in [7, 11) is -7.34. The van der Waals surface area contributed by atoms with E-state index in [2.05, 4.69) is 0 Å². The van der Waals surface area contributed by atoms with Crippen molar-refractivity contribution >= 4 is 19.9 Å². The van der Waals surface area contributed by atoms with Crippen LogP contribution in [-0.2, 0) is 19.9 Å². The van der Waals surface area contributed by atoms with E-state index in [1.54, 1.807) is 0 Å². The van der Waals surface area contributed by atoms with Gasteiger partial charge in [-0.05, 0) is 0 Å². The third-order valence-corrected chi connectivity index (χ3v) is 4.40. The highest BCUT2D eigenvalue weighted by molar-refractivity contribution is 8.06. The zero-order chi connectivity index (χ0) is 9.83. The van der Waals surface area contributed by atoms with E-state index in [4.69, 9.17) is 5.11 Å². The third kappa shape index (κ3) is 6.53. The highest BCUT2D eigenvalue weighted by atomic mass is 32.3. The summed E-state index contributed by atoms with van der Waals surface area (Å²) in [6, 6.07) is 0.